The van der Waals surface area contributed by atoms with Gasteiger partial charge in [-0.15, -0.1) is 23.4 Å². The van der Waals surface area contributed by atoms with Crippen LogP contribution in [0.15, 0.2) is 22.6 Å². The zero-order valence-electron chi connectivity index (χ0n) is 18.6. The molecule has 0 spiro atoms. The van der Waals surface area contributed by atoms with Gasteiger partial charge in [0.25, 0.3) is 11.8 Å². The van der Waals surface area contributed by atoms with Gasteiger partial charge >= 0.3 is 6.36 Å². The highest BCUT2D eigenvalue weighted by molar-refractivity contribution is 6.30. The van der Waals surface area contributed by atoms with E-state index in [1.165, 1.54) is 12.1 Å². The monoisotopic (exact) mass is 533 g/mol. The van der Waals surface area contributed by atoms with Crippen molar-refractivity contribution in [3.05, 3.63) is 40.8 Å². The number of halogens is 5. The van der Waals surface area contributed by atoms with Gasteiger partial charge in [-0.05, 0) is 31.4 Å². The van der Waals surface area contributed by atoms with Gasteiger partial charge in [-0.2, -0.15) is 0 Å². The Morgan fingerprint density at radius 2 is 1.89 bits per heavy atom. The summed E-state index contributed by atoms with van der Waals surface area (Å²) < 4.78 is 70.1. The second kappa shape index (κ2) is 8.96. The van der Waals surface area contributed by atoms with Crippen molar-refractivity contribution >= 4 is 23.4 Å². The lowest BCUT2D eigenvalue weighted by Gasteiger charge is -2.67. The van der Waals surface area contributed by atoms with Crippen LogP contribution in [0.5, 0.6) is 5.75 Å². The number of carbonyl (C=O) groups excluding carboxylic acids is 2. The fourth-order valence-corrected chi connectivity index (χ4v) is 5.04. The number of imide groups is 1. The molecule has 14 heteroatoms. The summed E-state index contributed by atoms with van der Waals surface area (Å²) in [6.07, 6.45) is -4.84. The smallest absolute Gasteiger partial charge is 0.484 e. The number of nitrogens with one attached hydrogen (secondary N) is 1. The summed E-state index contributed by atoms with van der Waals surface area (Å²) >= 11 is 5.64. The van der Waals surface area contributed by atoms with Gasteiger partial charge < -0.3 is 13.9 Å². The fourth-order valence-electron chi connectivity index (χ4n) is 4.92. The predicted octanol–water partition coefficient (Wildman–Crippen LogP) is 3.59. The van der Waals surface area contributed by atoms with Crippen LogP contribution in [0.2, 0.25) is 5.02 Å². The molecule has 4 saturated carbocycles. The van der Waals surface area contributed by atoms with Crippen LogP contribution < -0.4 is 10.1 Å². The van der Waals surface area contributed by atoms with Gasteiger partial charge in [-0.25, -0.2) is 4.39 Å². The molecule has 0 unspecified atom stereocenters. The standard InChI is InChI=1S/C22H20ClF4N3O6/c23-14-2-1-11(5-15(14)24)34-7-17-29-30-19(35-17)21-8-20(9-21,10-21)18(32)28-16(31)6-33-12-3-13(4-12)36-22(25,26)27/h1-2,5,12-13H,3-4,6-10H2,(H,28,31,32). The summed E-state index contributed by atoms with van der Waals surface area (Å²) in [6.45, 7) is -0.505. The first-order valence-electron chi connectivity index (χ1n) is 11.1. The summed E-state index contributed by atoms with van der Waals surface area (Å²) in [5.74, 6) is -0.899. The van der Waals surface area contributed by atoms with Gasteiger partial charge in [0.15, 0.2) is 6.61 Å². The molecular weight excluding hydrogens is 514 g/mol. The summed E-state index contributed by atoms with van der Waals surface area (Å²) in [5.41, 5.74) is -1.14. The number of nitrogens with zero attached hydrogens (tertiary/aromatic N) is 2. The third-order valence-corrected chi connectivity index (χ3v) is 7.05. The largest absolute Gasteiger partial charge is 0.522 e. The topological polar surface area (TPSA) is 113 Å². The Bertz CT molecular complexity index is 1160. The molecule has 4 aliphatic rings. The molecule has 0 atom stereocenters. The van der Waals surface area contributed by atoms with E-state index in [2.05, 4.69) is 20.3 Å². The van der Waals surface area contributed by atoms with Crippen LogP contribution in [0.25, 0.3) is 0 Å². The number of carbonyl (C=O) groups is 2. The first-order chi connectivity index (χ1) is 17.0. The molecule has 4 aliphatic carbocycles. The fraction of sp³-hybridized carbons (Fsp3) is 0.545. The molecule has 0 aliphatic heterocycles. The molecule has 0 radical (unpaired) electrons. The minimum Gasteiger partial charge on any atom is -0.484 e. The van der Waals surface area contributed by atoms with Crippen molar-refractivity contribution in [3.63, 3.8) is 0 Å². The van der Waals surface area contributed by atoms with Gasteiger partial charge in [-0.3, -0.25) is 19.6 Å². The second-order valence-corrected chi connectivity index (χ2v) is 9.83. The molecule has 36 heavy (non-hydrogen) atoms. The lowest BCUT2D eigenvalue weighted by atomic mass is 9.34. The number of hydrogen-bond donors (Lipinski definition) is 1. The van der Waals surface area contributed by atoms with Crippen molar-refractivity contribution in [1.29, 1.82) is 0 Å². The Balaban J connectivity index is 1.03. The quantitative estimate of drug-likeness (QED) is 0.487. The third-order valence-electron chi connectivity index (χ3n) is 6.74. The van der Waals surface area contributed by atoms with Crippen molar-refractivity contribution in [1.82, 2.24) is 15.5 Å². The molecule has 9 nitrogen and oxygen atoms in total. The van der Waals surface area contributed by atoms with E-state index in [1.54, 1.807) is 0 Å². The summed E-state index contributed by atoms with van der Waals surface area (Å²) in [7, 11) is 0. The van der Waals surface area contributed by atoms with Crippen LogP contribution in [0, 0.1) is 11.2 Å². The molecule has 4 fully saturated rings. The van der Waals surface area contributed by atoms with Crippen molar-refractivity contribution in [2.24, 2.45) is 5.41 Å². The Labute approximate surface area is 206 Å². The molecule has 2 bridgehead atoms. The Morgan fingerprint density at radius 3 is 2.56 bits per heavy atom. The zero-order valence-corrected chi connectivity index (χ0v) is 19.3. The summed E-state index contributed by atoms with van der Waals surface area (Å²) in [5, 5.41) is 10.3. The van der Waals surface area contributed by atoms with E-state index < -0.39 is 53.6 Å². The highest BCUT2D eigenvalue weighted by Gasteiger charge is 2.74. The Morgan fingerprint density at radius 1 is 1.17 bits per heavy atom. The van der Waals surface area contributed by atoms with E-state index in [0.717, 1.165) is 6.07 Å². The Kier molecular flexibility index (Phi) is 6.20. The van der Waals surface area contributed by atoms with Crippen LogP contribution in [-0.4, -0.2) is 47.2 Å². The number of hydrogen-bond acceptors (Lipinski definition) is 8. The maximum absolute atomic E-state index is 13.5. The van der Waals surface area contributed by atoms with Crippen molar-refractivity contribution in [2.75, 3.05) is 6.61 Å². The van der Waals surface area contributed by atoms with Gasteiger partial charge in [0.2, 0.25) is 11.8 Å². The number of alkyl halides is 3. The number of amides is 2. The third kappa shape index (κ3) is 4.91. The van der Waals surface area contributed by atoms with Crippen LogP contribution >= 0.6 is 11.6 Å². The van der Waals surface area contributed by atoms with E-state index >= 15 is 0 Å². The van der Waals surface area contributed by atoms with Crippen molar-refractivity contribution in [2.45, 2.75) is 62.7 Å². The van der Waals surface area contributed by atoms with Crippen LogP contribution in [0.3, 0.4) is 0 Å². The van der Waals surface area contributed by atoms with E-state index in [4.69, 9.17) is 25.5 Å². The van der Waals surface area contributed by atoms with Crippen molar-refractivity contribution in [3.8, 4) is 5.75 Å². The van der Waals surface area contributed by atoms with Gasteiger partial charge in [0.1, 0.15) is 18.2 Å². The van der Waals surface area contributed by atoms with E-state index in [1.807, 2.05) is 0 Å². The summed E-state index contributed by atoms with van der Waals surface area (Å²) in [4.78, 5) is 24.6. The molecule has 2 amide bonds. The Hall–Kier alpha value is -2.77. The van der Waals surface area contributed by atoms with Crippen molar-refractivity contribution < 1.29 is 45.8 Å². The lowest BCUT2D eigenvalue weighted by Crippen LogP contribution is -2.70. The minimum atomic E-state index is -4.70. The highest BCUT2D eigenvalue weighted by Crippen LogP contribution is 2.73. The van der Waals surface area contributed by atoms with E-state index in [0.29, 0.717) is 25.2 Å². The van der Waals surface area contributed by atoms with Crippen LogP contribution in [0.1, 0.15) is 43.9 Å². The molecule has 0 saturated heterocycles. The SMILES string of the molecule is O=C(COC1CC(OC(F)(F)F)C1)NC(=O)C12CC(c3nnc(COc4ccc(Cl)c(F)c4)o3)(C1)C2. The van der Waals surface area contributed by atoms with E-state index in [9.17, 15) is 27.2 Å². The molecule has 1 aromatic heterocycles. The van der Waals surface area contributed by atoms with Crippen LogP contribution in [-0.2, 0) is 31.1 Å². The summed E-state index contributed by atoms with van der Waals surface area (Å²) in [6, 6.07) is 4.01. The maximum atomic E-state index is 13.5. The average molecular weight is 534 g/mol. The molecule has 1 N–H and O–H groups in total. The molecule has 194 valence electrons. The molecular formula is C22H20ClF4N3O6. The van der Waals surface area contributed by atoms with Gasteiger partial charge in [0, 0.05) is 18.9 Å². The lowest BCUT2D eigenvalue weighted by molar-refractivity contribution is -0.357. The van der Waals surface area contributed by atoms with E-state index in [-0.39, 0.29) is 36.1 Å². The van der Waals surface area contributed by atoms with Gasteiger partial charge in [-0.1, -0.05) is 11.6 Å². The molecule has 1 heterocycles. The molecule has 2 aromatic rings. The zero-order chi connectivity index (χ0) is 25.7. The maximum Gasteiger partial charge on any atom is 0.522 e. The second-order valence-electron chi connectivity index (χ2n) is 9.42. The molecule has 1 aromatic carbocycles. The predicted molar refractivity (Wildman–Crippen MR) is 111 cm³/mol. The number of benzene rings is 1. The number of ether oxygens (including phenoxy) is 3. The first kappa shape index (κ1) is 24.9. The number of aromatic nitrogens is 2. The highest BCUT2D eigenvalue weighted by atomic mass is 35.5. The molecule has 6 rings (SSSR count). The first-order valence-corrected chi connectivity index (χ1v) is 11.4. The average Bonchev–Trinajstić information content (AvgIpc) is 3.16. The normalized spacial score (nSPS) is 28.5. The van der Waals surface area contributed by atoms with Gasteiger partial charge in [0.05, 0.1) is 28.1 Å². The minimum absolute atomic E-state index is 0.0234. The van der Waals surface area contributed by atoms with Crippen LogP contribution in [0.4, 0.5) is 17.6 Å². The number of rotatable bonds is 9.